The van der Waals surface area contributed by atoms with Crippen molar-refractivity contribution in [1.29, 1.82) is 0 Å². The molecule has 7 nitrogen and oxygen atoms in total. The molecule has 1 aliphatic heterocycles. The van der Waals surface area contributed by atoms with Crippen LogP contribution in [0.4, 0.5) is 5.69 Å². The summed E-state index contributed by atoms with van der Waals surface area (Å²) in [6.07, 6.45) is 0.592. The van der Waals surface area contributed by atoms with Gasteiger partial charge in [-0.1, -0.05) is 29.8 Å². The molecule has 0 spiro atoms. The Balaban J connectivity index is 1.40. The standard InChI is InChI=1S/C21H26N4O3S/c1-3-28-17-10-8-16(9-11-17)22-19(26)13-29-21-23-20(27)18(24-25-21)12-15-6-4-14(2)5-7-15/h4-11,18,21,24-25H,3,12-13H2,1-2H3,(H,22,26)(H,23,27). The average Bonchev–Trinajstić information content (AvgIpc) is 2.71. The zero-order chi connectivity index (χ0) is 20.6. The minimum Gasteiger partial charge on any atom is -0.494 e. The monoisotopic (exact) mass is 414 g/mol. The molecule has 0 aliphatic carbocycles. The highest BCUT2D eigenvalue weighted by Crippen LogP contribution is 2.17. The van der Waals surface area contributed by atoms with E-state index in [1.54, 1.807) is 12.1 Å². The Morgan fingerprint density at radius 1 is 1.10 bits per heavy atom. The van der Waals surface area contributed by atoms with Gasteiger partial charge < -0.3 is 15.4 Å². The van der Waals surface area contributed by atoms with Crippen LogP contribution < -0.4 is 26.2 Å². The highest BCUT2D eigenvalue weighted by atomic mass is 32.2. The van der Waals surface area contributed by atoms with Gasteiger partial charge in [-0.2, -0.15) is 0 Å². The molecule has 0 saturated carbocycles. The number of rotatable bonds is 8. The van der Waals surface area contributed by atoms with Gasteiger partial charge in [0, 0.05) is 5.69 Å². The molecule has 8 heteroatoms. The van der Waals surface area contributed by atoms with Crippen LogP contribution in [0.2, 0.25) is 0 Å². The lowest BCUT2D eigenvalue weighted by Crippen LogP contribution is -2.64. The lowest BCUT2D eigenvalue weighted by atomic mass is 10.0. The minimum absolute atomic E-state index is 0.0891. The number of nitrogens with one attached hydrogen (secondary N) is 4. The van der Waals surface area contributed by atoms with E-state index in [0.717, 1.165) is 11.3 Å². The normalized spacial score (nSPS) is 18.8. The molecule has 1 saturated heterocycles. The molecule has 2 atom stereocenters. The number of ether oxygens (including phenoxy) is 1. The molecular weight excluding hydrogens is 388 g/mol. The van der Waals surface area contributed by atoms with Crippen molar-refractivity contribution in [2.45, 2.75) is 31.8 Å². The van der Waals surface area contributed by atoms with Crippen molar-refractivity contribution in [3.8, 4) is 5.75 Å². The van der Waals surface area contributed by atoms with E-state index < -0.39 is 0 Å². The number of benzene rings is 2. The maximum absolute atomic E-state index is 12.4. The first-order valence-corrected chi connectivity index (χ1v) is 10.6. The molecule has 1 aliphatic rings. The van der Waals surface area contributed by atoms with Crippen LogP contribution in [0.25, 0.3) is 0 Å². The Kier molecular flexibility index (Phi) is 7.51. The lowest BCUT2D eigenvalue weighted by Gasteiger charge is -2.31. The number of aryl methyl sites for hydroxylation is 1. The number of hydrazine groups is 1. The van der Waals surface area contributed by atoms with E-state index in [9.17, 15) is 9.59 Å². The third kappa shape index (κ3) is 6.49. The van der Waals surface area contributed by atoms with Gasteiger partial charge >= 0.3 is 0 Å². The number of thioether (sulfide) groups is 1. The van der Waals surface area contributed by atoms with Crippen LogP contribution in [-0.2, 0) is 16.0 Å². The fourth-order valence-corrected chi connectivity index (χ4v) is 3.59. The van der Waals surface area contributed by atoms with Crippen molar-refractivity contribution >= 4 is 29.3 Å². The van der Waals surface area contributed by atoms with Crippen LogP contribution in [0.1, 0.15) is 18.1 Å². The van der Waals surface area contributed by atoms with Crippen molar-refractivity contribution in [3.05, 3.63) is 59.7 Å². The van der Waals surface area contributed by atoms with Crippen LogP contribution in [0.15, 0.2) is 48.5 Å². The Bertz CT molecular complexity index is 827. The second kappa shape index (κ2) is 10.3. The zero-order valence-electron chi connectivity index (χ0n) is 16.5. The average molecular weight is 415 g/mol. The van der Waals surface area contributed by atoms with Crippen LogP contribution in [0, 0.1) is 6.92 Å². The fourth-order valence-electron chi connectivity index (χ4n) is 2.85. The summed E-state index contributed by atoms with van der Waals surface area (Å²) < 4.78 is 5.38. The van der Waals surface area contributed by atoms with Gasteiger partial charge in [-0.15, -0.1) is 11.8 Å². The number of carbonyl (C=O) groups is 2. The summed E-state index contributed by atoms with van der Waals surface area (Å²) in [5, 5.41) is 5.72. The second-order valence-corrected chi connectivity index (χ2v) is 7.83. The van der Waals surface area contributed by atoms with Gasteiger partial charge in [-0.05, 0) is 50.1 Å². The number of amides is 2. The molecular formula is C21H26N4O3S. The van der Waals surface area contributed by atoms with Gasteiger partial charge in [-0.3, -0.25) is 9.59 Å². The SMILES string of the molecule is CCOc1ccc(NC(=O)CSC2NNC(Cc3ccc(C)cc3)C(=O)N2)cc1. The molecule has 154 valence electrons. The summed E-state index contributed by atoms with van der Waals surface area (Å²) in [5.41, 5.74) is 8.71. The molecule has 0 radical (unpaired) electrons. The maximum Gasteiger partial charge on any atom is 0.240 e. The molecule has 1 heterocycles. The summed E-state index contributed by atoms with van der Waals surface area (Å²) in [7, 11) is 0. The summed E-state index contributed by atoms with van der Waals surface area (Å²) >= 11 is 1.31. The van der Waals surface area contributed by atoms with E-state index in [2.05, 4.69) is 21.5 Å². The Morgan fingerprint density at radius 3 is 2.48 bits per heavy atom. The predicted octanol–water partition coefficient (Wildman–Crippen LogP) is 2.18. The molecule has 0 bridgehead atoms. The Morgan fingerprint density at radius 2 is 1.83 bits per heavy atom. The van der Waals surface area contributed by atoms with Crippen molar-refractivity contribution in [1.82, 2.24) is 16.2 Å². The summed E-state index contributed by atoms with van der Waals surface area (Å²) in [6.45, 7) is 4.55. The largest absolute Gasteiger partial charge is 0.494 e. The van der Waals surface area contributed by atoms with Crippen molar-refractivity contribution in [2.75, 3.05) is 17.7 Å². The molecule has 0 aromatic heterocycles. The van der Waals surface area contributed by atoms with Crippen LogP contribution in [0.3, 0.4) is 0 Å². The van der Waals surface area contributed by atoms with E-state index >= 15 is 0 Å². The Hall–Kier alpha value is -2.55. The molecule has 4 N–H and O–H groups in total. The quantitative estimate of drug-likeness (QED) is 0.529. The van der Waals surface area contributed by atoms with Crippen molar-refractivity contribution in [2.24, 2.45) is 0 Å². The molecule has 2 unspecified atom stereocenters. The third-order valence-corrected chi connectivity index (χ3v) is 5.37. The Labute approximate surface area is 174 Å². The van der Waals surface area contributed by atoms with Crippen molar-refractivity contribution in [3.63, 3.8) is 0 Å². The van der Waals surface area contributed by atoms with Gasteiger partial charge in [0.15, 0.2) is 0 Å². The highest BCUT2D eigenvalue weighted by Gasteiger charge is 2.27. The summed E-state index contributed by atoms with van der Waals surface area (Å²) in [5.74, 6) is 0.737. The highest BCUT2D eigenvalue weighted by molar-refractivity contribution is 8.00. The van der Waals surface area contributed by atoms with Gasteiger partial charge in [0.25, 0.3) is 0 Å². The van der Waals surface area contributed by atoms with E-state index in [0.29, 0.717) is 18.7 Å². The van der Waals surface area contributed by atoms with Gasteiger partial charge in [0.2, 0.25) is 11.8 Å². The minimum atomic E-state index is -0.372. The van der Waals surface area contributed by atoms with Crippen LogP contribution in [-0.4, -0.2) is 35.7 Å². The second-order valence-electron chi connectivity index (χ2n) is 6.74. The first-order valence-electron chi connectivity index (χ1n) is 9.55. The first-order chi connectivity index (χ1) is 14.0. The smallest absolute Gasteiger partial charge is 0.240 e. The molecule has 1 fully saturated rings. The third-order valence-electron chi connectivity index (χ3n) is 4.37. The molecule has 2 amide bonds. The van der Waals surface area contributed by atoms with Gasteiger partial charge in [0.1, 0.15) is 17.3 Å². The molecule has 2 aromatic carbocycles. The van der Waals surface area contributed by atoms with Crippen LogP contribution >= 0.6 is 11.8 Å². The van der Waals surface area contributed by atoms with E-state index in [-0.39, 0.29) is 29.1 Å². The van der Waals surface area contributed by atoms with Crippen LogP contribution in [0.5, 0.6) is 5.75 Å². The number of anilines is 1. The van der Waals surface area contributed by atoms with E-state index in [4.69, 9.17) is 4.74 Å². The molecule has 2 aromatic rings. The van der Waals surface area contributed by atoms with E-state index in [1.165, 1.54) is 17.3 Å². The van der Waals surface area contributed by atoms with E-state index in [1.807, 2.05) is 50.2 Å². The van der Waals surface area contributed by atoms with Gasteiger partial charge in [-0.25, -0.2) is 10.9 Å². The first kappa shape index (κ1) is 21.2. The lowest BCUT2D eigenvalue weighted by molar-refractivity contribution is -0.125. The number of hydrogen-bond donors (Lipinski definition) is 4. The van der Waals surface area contributed by atoms with Gasteiger partial charge in [0.05, 0.1) is 12.4 Å². The molecule has 29 heavy (non-hydrogen) atoms. The van der Waals surface area contributed by atoms with Crippen molar-refractivity contribution < 1.29 is 14.3 Å². The topological polar surface area (TPSA) is 91.5 Å². The summed E-state index contributed by atoms with van der Waals surface area (Å²) in [6, 6.07) is 15.0. The summed E-state index contributed by atoms with van der Waals surface area (Å²) in [4.78, 5) is 24.5. The number of hydrogen-bond acceptors (Lipinski definition) is 6. The predicted molar refractivity (Wildman–Crippen MR) is 116 cm³/mol. The maximum atomic E-state index is 12.4. The zero-order valence-corrected chi connectivity index (χ0v) is 17.3. The molecule has 3 rings (SSSR count). The fraction of sp³-hybridized carbons (Fsp3) is 0.333. The number of carbonyl (C=O) groups excluding carboxylic acids is 2.